The molecule has 0 unspecified atom stereocenters. The number of carbonyl (C=O) groups is 1. The van der Waals surface area contributed by atoms with Crippen molar-refractivity contribution >= 4 is 5.97 Å². The van der Waals surface area contributed by atoms with Gasteiger partial charge in [-0.1, -0.05) is 18.9 Å². The van der Waals surface area contributed by atoms with Crippen LogP contribution in [0.1, 0.15) is 52.7 Å². The summed E-state index contributed by atoms with van der Waals surface area (Å²) >= 11 is 0. The van der Waals surface area contributed by atoms with E-state index in [1.165, 1.54) is 7.11 Å². The van der Waals surface area contributed by atoms with Gasteiger partial charge in [-0.2, -0.15) is 0 Å². The maximum absolute atomic E-state index is 11.8. The second-order valence-electron chi connectivity index (χ2n) is 5.32. The molecule has 3 heteroatoms. The van der Waals surface area contributed by atoms with Crippen LogP contribution in [0.3, 0.4) is 0 Å². The van der Waals surface area contributed by atoms with E-state index in [4.69, 9.17) is 10.5 Å². The maximum atomic E-state index is 11.8. The summed E-state index contributed by atoms with van der Waals surface area (Å²) in [7, 11) is 1.41. The van der Waals surface area contributed by atoms with Crippen molar-refractivity contribution in [1.29, 1.82) is 0 Å². The fourth-order valence-electron chi connectivity index (χ4n) is 2.76. The van der Waals surface area contributed by atoms with Crippen LogP contribution in [0.25, 0.3) is 0 Å². The maximum Gasteiger partial charge on any atom is 0.338 e. The van der Waals surface area contributed by atoms with Crippen LogP contribution in [0.5, 0.6) is 0 Å². The predicted molar refractivity (Wildman–Crippen MR) is 71.6 cm³/mol. The summed E-state index contributed by atoms with van der Waals surface area (Å²) in [5.41, 5.74) is 9.99. The highest BCUT2D eigenvalue weighted by atomic mass is 16.5. The smallest absolute Gasteiger partial charge is 0.338 e. The molecule has 0 aromatic heterocycles. The summed E-state index contributed by atoms with van der Waals surface area (Å²) in [4.78, 5) is 11.8. The minimum Gasteiger partial charge on any atom is -0.465 e. The molecule has 18 heavy (non-hydrogen) atoms. The van der Waals surface area contributed by atoms with Gasteiger partial charge in [0.25, 0.3) is 0 Å². The number of hydrogen-bond donors (Lipinski definition) is 1. The van der Waals surface area contributed by atoms with E-state index in [9.17, 15) is 4.79 Å². The Morgan fingerprint density at radius 1 is 1.28 bits per heavy atom. The Morgan fingerprint density at radius 3 is 2.44 bits per heavy atom. The van der Waals surface area contributed by atoms with Gasteiger partial charge in [-0.05, 0) is 49.4 Å². The SMILES string of the molecule is COC(=O)c1cc(C2(N)CCCC2)cc(C)c1C. The number of esters is 1. The van der Waals surface area contributed by atoms with E-state index in [-0.39, 0.29) is 11.5 Å². The number of ether oxygens (including phenoxy) is 1. The zero-order valence-corrected chi connectivity index (χ0v) is 11.4. The van der Waals surface area contributed by atoms with E-state index in [0.29, 0.717) is 5.56 Å². The second kappa shape index (κ2) is 4.73. The van der Waals surface area contributed by atoms with E-state index in [1.54, 1.807) is 0 Å². The Bertz CT molecular complexity index is 474. The van der Waals surface area contributed by atoms with Crippen LogP contribution in [0.2, 0.25) is 0 Å². The van der Waals surface area contributed by atoms with Gasteiger partial charge in [0.05, 0.1) is 12.7 Å². The number of methoxy groups -OCH3 is 1. The van der Waals surface area contributed by atoms with E-state index in [1.807, 2.05) is 19.9 Å². The van der Waals surface area contributed by atoms with Crippen molar-refractivity contribution < 1.29 is 9.53 Å². The van der Waals surface area contributed by atoms with E-state index in [0.717, 1.165) is 42.4 Å². The minimum atomic E-state index is -0.279. The number of hydrogen-bond acceptors (Lipinski definition) is 3. The number of rotatable bonds is 2. The van der Waals surface area contributed by atoms with Gasteiger partial charge in [0.2, 0.25) is 0 Å². The van der Waals surface area contributed by atoms with Gasteiger partial charge < -0.3 is 10.5 Å². The molecule has 1 aliphatic carbocycles. The molecule has 1 saturated carbocycles. The highest BCUT2D eigenvalue weighted by molar-refractivity contribution is 5.91. The van der Waals surface area contributed by atoms with Crippen LogP contribution in [0.15, 0.2) is 12.1 Å². The number of aryl methyl sites for hydroxylation is 1. The normalized spacial score (nSPS) is 17.8. The van der Waals surface area contributed by atoms with Gasteiger partial charge in [0.15, 0.2) is 0 Å². The summed E-state index contributed by atoms with van der Waals surface area (Å²) in [5.74, 6) is -0.279. The van der Waals surface area contributed by atoms with Crippen molar-refractivity contribution in [1.82, 2.24) is 0 Å². The minimum absolute atomic E-state index is 0.263. The number of benzene rings is 1. The van der Waals surface area contributed by atoms with Crippen molar-refractivity contribution in [3.8, 4) is 0 Å². The Balaban J connectivity index is 2.50. The van der Waals surface area contributed by atoms with Gasteiger partial charge in [-0.25, -0.2) is 4.79 Å². The quantitative estimate of drug-likeness (QED) is 0.818. The fraction of sp³-hybridized carbons (Fsp3) is 0.533. The van der Waals surface area contributed by atoms with Gasteiger partial charge in [-0.3, -0.25) is 0 Å². The van der Waals surface area contributed by atoms with Gasteiger partial charge in [-0.15, -0.1) is 0 Å². The molecule has 0 bridgehead atoms. The van der Waals surface area contributed by atoms with Gasteiger partial charge >= 0.3 is 5.97 Å². The van der Waals surface area contributed by atoms with Gasteiger partial charge in [0, 0.05) is 5.54 Å². The molecule has 0 aliphatic heterocycles. The highest BCUT2D eigenvalue weighted by Crippen LogP contribution is 2.37. The molecule has 0 spiro atoms. The molecule has 3 nitrogen and oxygen atoms in total. The second-order valence-corrected chi connectivity index (χ2v) is 5.32. The standard InChI is InChI=1S/C15H21NO2/c1-10-8-12(15(16)6-4-5-7-15)9-13(11(10)2)14(17)18-3/h8-9H,4-7,16H2,1-3H3. The van der Waals surface area contributed by atoms with Gasteiger partial charge in [0.1, 0.15) is 0 Å². The first-order valence-corrected chi connectivity index (χ1v) is 6.47. The zero-order valence-electron chi connectivity index (χ0n) is 11.4. The molecule has 0 saturated heterocycles. The van der Waals surface area contributed by atoms with E-state index >= 15 is 0 Å². The van der Waals surface area contributed by atoms with Crippen LogP contribution < -0.4 is 5.73 Å². The summed E-state index contributed by atoms with van der Waals surface area (Å²) in [6.45, 7) is 3.97. The number of carbonyl (C=O) groups excluding carboxylic acids is 1. The summed E-state index contributed by atoms with van der Waals surface area (Å²) < 4.78 is 4.84. The Morgan fingerprint density at radius 2 is 1.89 bits per heavy atom. The molecule has 1 aliphatic rings. The molecular weight excluding hydrogens is 226 g/mol. The lowest BCUT2D eigenvalue weighted by atomic mass is 9.85. The Hall–Kier alpha value is -1.35. The Labute approximate surface area is 108 Å². The third-order valence-electron chi connectivity index (χ3n) is 4.14. The lowest BCUT2D eigenvalue weighted by Gasteiger charge is -2.26. The molecule has 0 heterocycles. The topological polar surface area (TPSA) is 52.3 Å². The van der Waals surface area contributed by atoms with Crippen LogP contribution in [0.4, 0.5) is 0 Å². The third-order valence-corrected chi connectivity index (χ3v) is 4.14. The lowest BCUT2D eigenvalue weighted by Crippen LogP contribution is -2.33. The molecule has 98 valence electrons. The van der Waals surface area contributed by atoms with Crippen LogP contribution in [-0.2, 0) is 10.3 Å². The molecule has 1 fully saturated rings. The molecule has 0 amide bonds. The summed E-state index contributed by atoms with van der Waals surface area (Å²) in [5, 5.41) is 0. The average Bonchev–Trinajstić information content (AvgIpc) is 2.79. The van der Waals surface area contributed by atoms with Crippen molar-refractivity contribution in [2.24, 2.45) is 5.73 Å². The van der Waals surface area contributed by atoms with Crippen molar-refractivity contribution in [3.05, 3.63) is 34.4 Å². The van der Waals surface area contributed by atoms with Crippen LogP contribution in [-0.4, -0.2) is 13.1 Å². The van der Waals surface area contributed by atoms with Crippen molar-refractivity contribution in [3.63, 3.8) is 0 Å². The molecule has 2 rings (SSSR count). The van der Waals surface area contributed by atoms with E-state index < -0.39 is 0 Å². The first-order chi connectivity index (χ1) is 8.48. The average molecular weight is 247 g/mol. The molecule has 0 atom stereocenters. The molecular formula is C15H21NO2. The zero-order chi connectivity index (χ0) is 13.3. The van der Waals surface area contributed by atoms with Crippen molar-refractivity contribution in [2.75, 3.05) is 7.11 Å². The first-order valence-electron chi connectivity index (χ1n) is 6.47. The molecule has 1 aromatic rings. The lowest BCUT2D eigenvalue weighted by molar-refractivity contribution is 0.0599. The summed E-state index contributed by atoms with van der Waals surface area (Å²) in [6, 6.07) is 4.03. The third kappa shape index (κ3) is 2.15. The molecule has 0 radical (unpaired) electrons. The molecule has 1 aromatic carbocycles. The van der Waals surface area contributed by atoms with E-state index in [2.05, 4.69) is 6.07 Å². The van der Waals surface area contributed by atoms with Crippen LogP contribution >= 0.6 is 0 Å². The molecule has 2 N–H and O–H groups in total. The van der Waals surface area contributed by atoms with Crippen molar-refractivity contribution in [2.45, 2.75) is 45.1 Å². The first kappa shape index (κ1) is 13.1. The van der Waals surface area contributed by atoms with Crippen LogP contribution in [0, 0.1) is 13.8 Å². The highest BCUT2D eigenvalue weighted by Gasteiger charge is 2.32. The fourth-order valence-corrected chi connectivity index (χ4v) is 2.76. The Kier molecular flexibility index (Phi) is 3.44. The monoisotopic (exact) mass is 247 g/mol. The number of nitrogens with two attached hydrogens (primary N) is 1. The summed E-state index contributed by atoms with van der Waals surface area (Å²) in [6.07, 6.45) is 4.32. The largest absolute Gasteiger partial charge is 0.465 e. The predicted octanol–water partition coefficient (Wildman–Crippen LogP) is 2.82.